The van der Waals surface area contributed by atoms with Crippen LogP contribution in [-0.2, 0) is 20.7 Å². The van der Waals surface area contributed by atoms with E-state index < -0.39 is 24.4 Å². The molecule has 0 aliphatic carbocycles. The van der Waals surface area contributed by atoms with Gasteiger partial charge in [0.2, 0.25) is 0 Å². The molecule has 7 nitrogen and oxygen atoms in total. The lowest BCUT2D eigenvalue weighted by atomic mass is 10.1. The summed E-state index contributed by atoms with van der Waals surface area (Å²) in [6.45, 7) is 8.18. The topological polar surface area (TPSA) is 86.8 Å². The standard InChI is InChI=1S/C22H33N3O4/c1-14(2)19(23)20(26)28-21(15(3)4)29-22(27)25-13-16(11-12-24(5)6)17-9-7-8-10-18(17)25/h7-10,13-15,19,21H,11-12,23H2,1-6H3. The van der Waals surface area contributed by atoms with Crippen LogP contribution in [0.5, 0.6) is 0 Å². The zero-order chi connectivity index (χ0) is 21.7. The maximum atomic E-state index is 12.9. The van der Waals surface area contributed by atoms with Gasteiger partial charge in [-0.15, -0.1) is 0 Å². The van der Waals surface area contributed by atoms with Gasteiger partial charge in [-0.25, -0.2) is 4.79 Å². The van der Waals surface area contributed by atoms with Crippen molar-refractivity contribution in [2.45, 2.75) is 46.4 Å². The minimum Gasteiger partial charge on any atom is -0.424 e. The Morgan fingerprint density at radius 1 is 1.07 bits per heavy atom. The summed E-state index contributed by atoms with van der Waals surface area (Å²) in [5.74, 6) is -0.855. The van der Waals surface area contributed by atoms with Crippen molar-refractivity contribution < 1.29 is 19.1 Å². The van der Waals surface area contributed by atoms with Crippen LogP contribution < -0.4 is 5.73 Å². The molecule has 0 saturated carbocycles. The smallest absolute Gasteiger partial charge is 0.421 e. The summed E-state index contributed by atoms with van der Waals surface area (Å²) in [5, 5.41) is 1.01. The van der Waals surface area contributed by atoms with E-state index in [0.717, 1.165) is 29.4 Å². The Morgan fingerprint density at radius 2 is 1.72 bits per heavy atom. The molecular formula is C22H33N3O4. The van der Waals surface area contributed by atoms with E-state index in [1.54, 1.807) is 6.20 Å². The van der Waals surface area contributed by atoms with E-state index in [1.807, 2.05) is 66.1 Å². The maximum absolute atomic E-state index is 12.9. The Hall–Kier alpha value is -2.38. The zero-order valence-corrected chi connectivity index (χ0v) is 18.2. The molecule has 0 bridgehead atoms. The summed E-state index contributed by atoms with van der Waals surface area (Å²) in [5.41, 5.74) is 7.69. The molecule has 2 N–H and O–H groups in total. The third-order valence-corrected chi connectivity index (χ3v) is 4.80. The largest absolute Gasteiger partial charge is 0.424 e. The van der Waals surface area contributed by atoms with Gasteiger partial charge >= 0.3 is 12.1 Å². The molecule has 0 aliphatic rings. The summed E-state index contributed by atoms with van der Waals surface area (Å²) in [7, 11) is 4.02. The average molecular weight is 404 g/mol. The number of hydrogen-bond donors (Lipinski definition) is 1. The van der Waals surface area contributed by atoms with E-state index in [-0.39, 0.29) is 11.8 Å². The van der Waals surface area contributed by atoms with Gasteiger partial charge in [-0.2, -0.15) is 0 Å². The van der Waals surface area contributed by atoms with Crippen LogP contribution in [0.3, 0.4) is 0 Å². The number of nitrogens with zero attached hydrogens (tertiary/aromatic N) is 2. The summed E-state index contributed by atoms with van der Waals surface area (Å²) in [6.07, 6.45) is 1.02. The fourth-order valence-electron chi connectivity index (χ4n) is 2.86. The lowest BCUT2D eigenvalue weighted by molar-refractivity contribution is -0.177. The highest BCUT2D eigenvalue weighted by atomic mass is 16.7. The van der Waals surface area contributed by atoms with Crippen LogP contribution in [0.4, 0.5) is 4.79 Å². The molecule has 2 unspecified atom stereocenters. The molecule has 1 aromatic heterocycles. The third-order valence-electron chi connectivity index (χ3n) is 4.80. The first-order valence-corrected chi connectivity index (χ1v) is 10.0. The van der Waals surface area contributed by atoms with E-state index in [1.165, 1.54) is 4.57 Å². The molecule has 7 heteroatoms. The molecule has 0 saturated heterocycles. The van der Waals surface area contributed by atoms with Crippen molar-refractivity contribution in [1.82, 2.24) is 9.47 Å². The monoisotopic (exact) mass is 403 g/mol. The first-order chi connectivity index (χ1) is 13.6. The highest BCUT2D eigenvalue weighted by molar-refractivity contribution is 5.92. The van der Waals surface area contributed by atoms with Crippen LogP contribution in [0.1, 0.15) is 33.3 Å². The van der Waals surface area contributed by atoms with Crippen molar-refractivity contribution in [3.8, 4) is 0 Å². The van der Waals surface area contributed by atoms with Crippen LogP contribution in [0.15, 0.2) is 30.5 Å². The highest BCUT2D eigenvalue weighted by Crippen LogP contribution is 2.23. The van der Waals surface area contributed by atoms with Crippen LogP contribution in [0, 0.1) is 11.8 Å². The number of rotatable bonds is 8. The molecule has 0 aliphatic heterocycles. The van der Waals surface area contributed by atoms with Gasteiger partial charge in [-0.05, 0) is 38.1 Å². The minimum absolute atomic E-state index is 0.0707. The van der Waals surface area contributed by atoms with Gasteiger partial charge in [-0.1, -0.05) is 45.9 Å². The number of para-hydroxylation sites is 1. The van der Waals surface area contributed by atoms with Gasteiger partial charge in [0.15, 0.2) is 0 Å². The number of aromatic nitrogens is 1. The van der Waals surface area contributed by atoms with Gasteiger partial charge in [0.25, 0.3) is 6.29 Å². The van der Waals surface area contributed by atoms with Gasteiger partial charge in [0.1, 0.15) is 6.04 Å². The first-order valence-electron chi connectivity index (χ1n) is 10.0. The molecule has 160 valence electrons. The molecule has 0 radical (unpaired) electrons. The summed E-state index contributed by atoms with van der Waals surface area (Å²) < 4.78 is 12.4. The van der Waals surface area contributed by atoms with Crippen LogP contribution >= 0.6 is 0 Å². The Labute approximate surface area is 172 Å². The first kappa shape index (κ1) is 22.9. The summed E-state index contributed by atoms with van der Waals surface area (Å²) >= 11 is 0. The van der Waals surface area contributed by atoms with Gasteiger partial charge in [0, 0.05) is 24.0 Å². The third kappa shape index (κ3) is 5.81. The molecule has 1 heterocycles. The summed E-state index contributed by atoms with van der Waals surface area (Å²) in [4.78, 5) is 27.2. The number of carbonyl (C=O) groups is 2. The zero-order valence-electron chi connectivity index (χ0n) is 18.2. The number of benzene rings is 1. The molecule has 0 fully saturated rings. The van der Waals surface area contributed by atoms with Crippen molar-refractivity contribution in [2.24, 2.45) is 17.6 Å². The Morgan fingerprint density at radius 3 is 2.31 bits per heavy atom. The van der Waals surface area contributed by atoms with E-state index in [2.05, 4.69) is 4.90 Å². The van der Waals surface area contributed by atoms with E-state index in [4.69, 9.17) is 15.2 Å². The second-order valence-corrected chi connectivity index (χ2v) is 8.30. The van der Waals surface area contributed by atoms with Gasteiger partial charge in [0.05, 0.1) is 5.52 Å². The van der Waals surface area contributed by atoms with Crippen LogP contribution in [0.25, 0.3) is 10.9 Å². The fraction of sp³-hybridized carbons (Fsp3) is 0.545. The van der Waals surface area contributed by atoms with Gasteiger partial charge in [-0.3, -0.25) is 9.36 Å². The molecular weight excluding hydrogens is 370 g/mol. The number of carbonyl (C=O) groups excluding carboxylic acids is 2. The average Bonchev–Trinajstić information content (AvgIpc) is 3.03. The van der Waals surface area contributed by atoms with Crippen LogP contribution in [-0.4, -0.2) is 54.5 Å². The van der Waals surface area contributed by atoms with Crippen molar-refractivity contribution in [3.63, 3.8) is 0 Å². The quantitative estimate of drug-likeness (QED) is 0.538. The number of ether oxygens (including phenoxy) is 2. The molecule has 2 aromatic rings. The Bertz CT molecular complexity index is 842. The minimum atomic E-state index is -1.01. The lowest BCUT2D eigenvalue weighted by Gasteiger charge is -2.24. The summed E-state index contributed by atoms with van der Waals surface area (Å²) in [6, 6.07) is 6.93. The molecule has 2 atom stereocenters. The Balaban J connectivity index is 2.23. The predicted octanol–water partition coefficient (Wildman–Crippen LogP) is 3.24. The van der Waals surface area contributed by atoms with Crippen molar-refractivity contribution >= 4 is 23.0 Å². The van der Waals surface area contributed by atoms with Crippen molar-refractivity contribution in [3.05, 3.63) is 36.0 Å². The highest BCUT2D eigenvalue weighted by Gasteiger charge is 2.28. The Kier molecular flexibility index (Phi) is 7.81. The fourth-order valence-corrected chi connectivity index (χ4v) is 2.86. The van der Waals surface area contributed by atoms with Crippen molar-refractivity contribution in [1.29, 1.82) is 0 Å². The number of fused-ring (bicyclic) bond motifs is 1. The second kappa shape index (κ2) is 9.89. The molecule has 0 spiro atoms. The number of hydrogen-bond acceptors (Lipinski definition) is 6. The molecule has 2 rings (SSSR count). The molecule has 0 amide bonds. The SMILES string of the molecule is CC(C)C(OC(=O)C(N)C(C)C)OC(=O)n1cc(CCN(C)C)c2ccccc21. The second-order valence-electron chi connectivity index (χ2n) is 8.30. The van der Waals surface area contributed by atoms with E-state index in [9.17, 15) is 9.59 Å². The normalized spacial score (nSPS) is 13.9. The van der Waals surface area contributed by atoms with E-state index >= 15 is 0 Å². The predicted molar refractivity (Wildman–Crippen MR) is 114 cm³/mol. The number of nitrogens with two attached hydrogens (primary N) is 1. The van der Waals surface area contributed by atoms with Crippen LogP contribution in [0.2, 0.25) is 0 Å². The van der Waals surface area contributed by atoms with Crippen molar-refractivity contribution in [2.75, 3.05) is 20.6 Å². The van der Waals surface area contributed by atoms with E-state index in [0.29, 0.717) is 0 Å². The lowest BCUT2D eigenvalue weighted by Crippen LogP contribution is -2.41. The van der Waals surface area contributed by atoms with Gasteiger partial charge < -0.3 is 20.1 Å². The molecule has 29 heavy (non-hydrogen) atoms. The maximum Gasteiger partial charge on any atom is 0.421 e. The number of esters is 1. The number of likely N-dealkylation sites (N-methyl/N-ethyl adjacent to an activating group) is 1. The molecule has 1 aromatic carbocycles.